The van der Waals surface area contributed by atoms with E-state index in [9.17, 15) is 18.8 Å². The number of esters is 1. The highest BCUT2D eigenvalue weighted by Crippen LogP contribution is 2.20. The van der Waals surface area contributed by atoms with Crippen LogP contribution in [-0.4, -0.2) is 72.7 Å². The highest BCUT2D eigenvalue weighted by Gasteiger charge is 2.19. The summed E-state index contributed by atoms with van der Waals surface area (Å²) in [6, 6.07) is 18.6. The summed E-state index contributed by atoms with van der Waals surface area (Å²) in [5, 5.41) is 3.37. The van der Waals surface area contributed by atoms with Crippen molar-refractivity contribution in [1.82, 2.24) is 19.8 Å². The molecule has 1 fully saturated rings. The number of hydrogen-bond acceptors (Lipinski definition) is 7. The quantitative estimate of drug-likeness (QED) is 0.173. The van der Waals surface area contributed by atoms with Gasteiger partial charge in [-0.15, -0.1) is 0 Å². The van der Waals surface area contributed by atoms with Crippen molar-refractivity contribution in [3.63, 3.8) is 0 Å². The number of nitrogens with one attached hydrogen (secondary N) is 2. The van der Waals surface area contributed by atoms with E-state index in [0.717, 1.165) is 44.7 Å². The van der Waals surface area contributed by atoms with Crippen LogP contribution in [0.3, 0.4) is 0 Å². The van der Waals surface area contributed by atoms with Crippen molar-refractivity contribution in [2.45, 2.75) is 13.0 Å². The van der Waals surface area contributed by atoms with Crippen LogP contribution in [-0.2, 0) is 11.3 Å². The minimum atomic E-state index is -0.499. The summed E-state index contributed by atoms with van der Waals surface area (Å²) < 4.78 is 20.5. The van der Waals surface area contributed by atoms with E-state index in [-0.39, 0.29) is 28.6 Å². The van der Waals surface area contributed by atoms with Gasteiger partial charge in [0.1, 0.15) is 5.82 Å². The Labute approximate surface area is 247 Å². The molecule has 3 aromatic carbocycles. The summed E-state index contributed by atoms with van der Waals surface area (Å²) in [4.78, 5) is 45.0. The lowest BCUT2D eigenvalue weighted by Crippen LogP contribution is -2.47. The molecule has 0 atom stereocenters. The Morgan fingerprint density at radius 2 is 1.71 bits per heavy atom. The molecule has 4 aromatic rings. The molecule has 1 aliphatic rings. The first-order valence-electron chi connectivity index (χ1n) is 13.8. The summed E-state index contributed by atoms with van der Waals surface area (Å²) >= 11 is 5.42. The fraction of sp³-hybridized carbons (Fsp3) is 0.290. The van der Waals surface area contributed by atoms with Crippen LogP contribution in [0.1, 0.15) is 32.7 Å². The average Bonchev–Trinajstić information content (AvgIpc) is 3.01. The third-order valence-corrected chi connectivity index (χ3v) is 7.78. The molecule has 1 saturated heterocycles. The number of rotatable bonds is 9. The number of amides is 1. The standard InChI is InChI=1S/C31H32FN5O4S/c1-41-30(40)23-11-12-24-26(19-23)34-31(42)37(29(24)39)20-21-7-9-22(10-8-21)28(38)33-13-4-14-35-15-17-36(18-16-35)27-6-3-2-5-25(27)32/h2-3,5-12,19H,4,13-18,20H2,1H3,(H,33,38)(H,34,42). The molecule has 0 aliphatic carbocycles. The molecule has 2 heterocycles. The van der Waals surface area contributed by atoms with Crippen molar-refractivity contribution in [2.75, 3.05) is 51.3 Å². The van der Waals surface area contributed by atoms with Gasteiger partial charge in [0.15, 0.2) is 4.77 Å². The van der Waals surface area contributed by atoms with Gasteiger partial charge in [0.25, 0.3) is 11.5 Å². The minimum absolute atomic E-state index is 0.160. The van der Waals surface area contributed by atoms with Gasteiger partial charge < -0.3 is 19.9 Å². The number of para-hydroxylation sites is 1. The van der Waals surface area contributed by atoms with E-state index in [0.29, 0.717) is 34.3 Å². The summed E-state index contributed by atoms with van der Waals surface area (Å²) in [5.74, 6) is -0.849. The SMILES string of the molecule is COC(=O)c1ccc2c(=O)n(Cc3ccc(C(=O)NCCCN4CCN(c5ccccc5F)CC4)cc3)c(=S)[nH]c2c1. The normalized spacial score (nSPS) is 13.7. The Kier molecular flexibility index (Phi) is 9.09. The largest absolute Gasteiger partial charge is 0.465 e. The van der Waals surface area contributed by atoms with E-state index in [4.69, 9.17) is 17.0 Å². The number of ether oxygens (including phenoxy) is 1. The van der Waals surface area contributed by atoms with Gasteiger partial charge in [0, 0.05) is 38.3 Å². The van der Waals surface area contributed by atoms with Crippen molar-refractivity contribution < 1.29 is 18.7 Å². The van der Waals surface area contributed by atoms with E-state index in [2.05, 4.69) is 20.1 Å². The fourth-order valence-electron chi connectivity index (χ4n) is 5.11. The number of benzene rings is 3. The molecule has 1 amide bonds. The number of fused-ring (bicyclic) bond motifs is 1. The molecule has 2 N–H and O–H groups in total. The van der Waals surface area contributed by atoms with Crippen LogP contribution in [0.2, 0.25) is 0 Å². The lowest BCUT2D eigenvalue weighted by Gasteiger charge is -2.36. The molecule has 218 valence electrons. The molecule has 0 spiro atoms. The van der Waals surface area contributed by atoms with Gasteiger partial charge >= 0.3 is 5.97 Å². The highest BCUT2D eigenvalue weighted by molar-refractivity contribution is 7.71. The summed E-state index contributed by atoms with van der Waals surface area (Å²) in [5.41, 5.74) is 2.50. The molecule has 0 saturated carbocycles. The number of halogens is 1. The first-order valence-corrected chi connectivity index (χ1v) is 14.2. The van der Waals surface area contributed by atoms with Gasteiger partial charge in [-0.05, 0) is 73.2 Å². The summed E-state index contributed by atoms with van der Waals surface area (Å²) in [7, 11) is 1.30. The molecular weight excluding hydrogens is 557 g/mol. The molecule has 0 bridgehead atoms. The second-order valence-electron chi connectivity index (χ2n) is 10.2. The van der Waals surface area contributed by atoms with E-state index in [1.807, 2.05) is 12.1 Å². The Morgan fingerprint density at radius 1 is 1.00 bits per heavy atom. The van der Waals surface area contributed by atoms with E-state index in [1.54, 1.807) is 48.5 Å². The van der Waals surface area contributed by atoms with Crippen LogP contribution in [0.5, 0.6) is 0 Å². The minimum Gasteiger partial charge on any atom is -0.465 e. The zero-order valence-corrected chi connectivity index (χ0v) is 24.1. The maximum absolute atomic E-state index is 14.1. The van der Waals surface area contributed by atoms with Crippen molar-refractivity contribution in [3.8, 4) is 0 Å². The van der Waals surface area contributed by atoms with Gasteiger partial charge in [-0.3, -0.25) is 19.1 Å². The smallest absolute Gasteiger partial charge is 0.337 e. The van der Waals surface area contributed by atoms with E-state index in [1.165, 1.54) is 17.7 Å². The van der Waals surface area contributed by atoms with Gasteiger partial charge in [-0.25, -0.2) is 9.18 Å². The molecule has 11 heteroatoms. The number of H-pyrrole nitrogens is 1. The van der Waals surface area contributed by atoms with Crippen LogP contribution < -0.4 is 15.8 Å². The predicted molar refractivity (Wildman–Crippen MR) is 162 cm³/mol. The number of aromatic amines is 1. The molecule has 9 nitrogen and oxygen atoms in total. The number of anilines is 1. The molecule has 1 aromatic heterocycles. The number of nitrogens with zero attached hydrogens (tertiary/aromatic N) is 3. The number of hydrogen-bond donors (Lipinski definition) is 2. The van der Waals surface area contributed by atoms with Crippen LogP contribution >= 0.6 is 12.2 Å². The third kappa shape index (κ3) is 6.58. The maximum atomic E-state index is 14.1. The number of piperazine rings is 1. The van der Waals surface area contributed by atoms with Crippen molar-refractivity contribution >= 4 is 40.7 Å². The summed E-state index contributed by atoms with van der Waals surface area (Å²) in [6.07, 6.45) is 0.813. The molecule has 5 rings (SSSR count). The monoisotopic (exact) mass is 589 g/mol. The summed E-state index contributed by atoms with van der Waals surface area (Å²) in [6.45, 7) is 4.88. The topological polar surface area (TPSA) is 99.7 Å². The van der Waals surface area contributed by atoms with Gasteiger partial charge in [-0.1, -0.05) is 24.3 Å². The van der Waals surface area contributed by atoms with Gasteiger partial charge in [-0.2, -0.15) is 0 Å². The maximum Gasteiger partial charge on any atom is 0.337 e. The van der Waals surface area contributed by atoms with Crippen LogP contribution in [0.15, 0.2) is 71.5 Å². The average molecular weight is 590 g/mol. The zero-order valence-electron chi connectivity index (χ0n) is 23.3. The zero-order chi connectivity index (χ0) is 29.6. The lowest BCUT2D eigenvalue weighted by atomic mass is 10.1. The van der Waals surface area contributed by atoms with Gasteiger partial charge in [0.2, 0.25) is 0 Å². The Bertz CT molecular complexity index is 1710. The molecule has 0 unspecified atom stereocenters. The molecule has 1 aliphatic heterocycles. The fourth-order valence-corrected chi connectivity index (χ4v) is 5.37. The van der Waals surface area contributed by atoms with E-state index >= 15 is 0 Å². The Morgan fingerprint density at radius 3 is 2.43 bits per heavy atom. The van der Waals surface area contributed by atoms with Crippen LogP contribution in [0, 0.1) is 10.6 Å². The van der Waals surface area contributed by atoms with Crippen molar-refractivity contribution in [2.24, 2.45) is 0 Å². The predicted octanol–water partition coefficient (Wildman–Crippen LogP) is 3.98. The van der Waals surface area contributed by atoms with Crippen molar-refractivity contribution in [3.05, 3.63) is 104 Å². The van der Waals surface area contributed by atoms with Crippen LogP contribution in [0.4, 0.5) is 10.1 Å². The molecule has 42 heavy (non-hydrogen) atoms. The molecule has 0 radical (unpaired) electrons. The van der Waals surface area contributed by atoms with E-state index < -0.39 is 5.97 Å². The highest BCUT2D eigenvalue weighted by atomic mass is 32.1. The molecular formula is C31H32FN5O4S. The number of carbonyl (C=O) groups excluding carboxylic acids is 2. The Hall–Kier alpha value is -4.35. The second-order valence-corrected chi connectivity index (χ2v) is 10.5. The first-order chi connectivity index (χ1) is 20.3. The lowest BCUT2D eigenvalue weighted by molar-refractivity contribution is 0.0600. The number of aromatic nitrogens is 2. The Balaban J connectivity index is 1.11. The third-order valence-electron chi connectivity index (χ3n) is 7.46. The number of carbonyl (C=O) groups is 2. The van der Waals surface area contributed by atoms with Crippen LogP contribution in [0.25, 0.3) is 10.9 Å². The van der Waals surface area contributed by atoms with Gasteiger partial charge in [0.05, 0.1) is 35.8 Å². The second kappa shape index (κ2) is 13.1. The number of methoxy groups -OCH3 is 1. The van der Waals surface area contributed by atoms with Crippen molar-refractivity contribution in [1.29, 1.82) is 0 Å². The first kappa shape index (κ1) is 29.2.